The first-order chi connectivity index (χ1) is 9.29. The molecular formula is C16H25NO2. The summed E-state index contributed by atoms with van der Waals surface area (Å²) in [6.07, 6.45) is 4.41. The van der Waals surface area contributed by atoms with Crippen LogP contribution in [0.25, 0.3) is 0 Å². The summed E-state index contributed by atoms with van der Waals surface area (Å²) in [5, 5.41) is 9.72. The van der Waals surface area contributed by atoms with Crippen LogP contribution in [0.1, 0.15) is 44.3 Å². The molecule has 0 amide bonds. The molecule has 106 valence electrons. The van der Waals surface area contributed by atoms with Crippen LogP contribution < -0.4 is 4.74 Å². The predicted octanol–water partition coefficient (Wildman–Crippen LogP) is 2.99. The Morgan fingerprint density at radius 3 is 2.47 bits per heavy atom. The molecule has 0 aliphatic carbocycles. The van der Waals surface area contributed by atoms with Crippen LogP contribution in [0.3, 0.4) is 0 Å². The van der Waals surface area contributed by atoms with Gasteiger partial charge in [-0.2, -0.15) is 0 Å². The number of hydrogen-bond donors (Lipinski definition) is 1. The molecule has 1 heterocycles. The Labute approximate surface area is 116 Å². The molecule has 0 unspecified atom stereocenters. The summed E-state index contributed by atoms with van der Waals surface area (Å²) in [6, 6.07) is 7.80. The van der Waals surface area contributed by atoms with Gasteiger partial charge in [0.1, 0.15) is 12.4 Å². The molecule has 0 saturated carbocycles. The van der Waals surface area contributed by atoms with Gasteiger partial charge in [-0.15, -0.1) is 0 Å². The van der Waals surface area contributed by atoms with Crippen molar-refractivity contribution in [2.45, 2.75) is 38.7 Å². The maximum Gasteiger partial charge on any atom is 0.119 e. The monoisotopic (exact) mass is 263 g/mol. The van der Waals surface area contributed by atoms with Crippen molar-refractivity contribution < 1.29 is 9.84 Å². The van der Waals surface area contributed by atoms with Gasteiger partial charge in [0.05, 0.1) is 6.10 Å². The van der Waals surface area contributed by atoms with E-state index in [9.17, 15) is 5.11 Å². The van der Waals surface area contributed by atoms with Crippen LogP contribution in [-0.2, 0) is 0 Å². The van der Waals surface area contributed by atoms with Gasteiger partial charge in [0.2, 0.25) is 0 Å². The molecule has 1 saturated heterocycles. The second-order valence-electron chi connectivity index (χ2n) is 5.24. The van der Waals surface area contributed by atoms with E-state index in [1.165, 1.54) is 32.4 Å². The van der Waals surface area contributed by atoms with Crippen LogP contribution in [-0.4, -0.2) is 36.2 Å². The first-order valence-electron chi connectivity index (χ1n) is 7.43. The molecule has 3 nitrogen and oxygen atoms in total. The van der Waals surface area contributed by atoms with E-state index in [0.29, 0.717) is 0 Å². The SMILES string of the molecule is CC[C@H](O)c1ccc(OCCN2CCCCC2)cc1. The van der Waals surface area contributed by atoms with Gasteiger partial charge in [-0.25, -0.2) is 0 Å². The molecule has 0 spiro atoms. The van der Waals surface area contributed by atoms with Crippen LogP contribution in [0.2, 0.25) is 0 Å². The lowest BCUT2D eigenvalue weighted by atomic mass is 10.1. The Balaban J connectivity index is 1.73. The Bertz CT molecular complexity index is 358. The zero-order valence-corrected chi connectivity index (χ0v) is 11.8. The highest BCUT2D eigenvalue weighted by Crippen LogP contribution is 2.19. The molecule has 1 aromatic carbocycles. The summed E-state index contributed by atoms with van der Waals surface area (Å²) >= 11 is 0. The average Bonchev–Trinajstić information content (AvgIpc) is 2.48. The number of rotatable bonds is 6. The Kier molecular flexibility index (Phi) is 5.67. The van der Waals surface area contributed by atoms with E-state index in [2.05, 4.69) is 4.90 Å². The Morgan fingerprint density at radius 1 is 1.16 bits per heavy atom. The van der Waals surface area contributed by atoms with Crippen LogP contribution >= 0.6 is 0 Å². The number of likely N-dealkylation sites (tertiary alicyclic amines) is 1. The number of ether oxygens (including phenoxy) is 1. The smallest absolute Gasteiger partial charge is 0.119 e. The fourth-order valence-corrected chi connectivity index (χ4v) is 2.50. The van der Waals surface area contributed by atoms with Crippen LogP contribution in [0.4, 0.5) is 0 Å². The lowest BCUT2D eigenvalue weighted by Crippen LogP contribution is -2.33. The van der Waals surface area contributed by atoms with E-state index in [-0.39, 0.29) is 6.10 Å². The van der Waals surface area contributed by atoms with Gasteiger partial charge in [0, 0.05) is 6.54 Å². The second-order valence-corrected chi connectivity index (χ2v) is 5.24. The summed E-state index contributed by atoms with van der Waals surface area (Å²) in [5.74, 6) is 0.893. The fourth-order valence-electron chi connectivity index (χ4n) is 2.50. The average molecular weight is 263 g/mol. The molecule has 1 atom stereocenters. The Morgan fingerprint density at radius 2 is 1.84 bits per heavy atom. The topological polar surface area (TPSA) is 32.7 Å². The number of aliphatic hydroxyl groups is 1. The van der Waals surface area contributed by atoms with Crippen LogP contribution in [0, 0.1) is 0 Å². The highest BCUT2D eigenvalue weighted by Gasteiger charge is 2.09. The molecule has 1 aromatic rings. The minimum absolute atomic E-state index is 0.359. The molecule has 1 aliphatic heterocycles. The maximum absolute atomic E-state index is 9.72. The number of piperidine rings is 1. The number of benzene rings is 1. The van der Waals surface area contributed by atoms with Gasteiger partial charge in [0.25, 0.3) is 0 Å². The van der Waals surface area contributed by atoms with Gasteiger partial charge in [0.15, 0.2) is 0 Å². The van der Waals surface area contributed by atoms with Crippen molar-refractivity contribution in [3.8, 4) is 5.75 Å². The van der Waals surface area contributed by atoms with Crippen molar-refractivity contribution in [2.75, 3.05) is 26.2 Å². The molecule has 1 N–H and O–H groups in total. The molecule has 0 radical (unpaired) electrons. The maximum atomic E-state index is 9.72. The molecule has 0 aromatic heterocycles. The summed E-state index contributed by atoms with van der Waals surface area (Å²) in [4.78, 5) is 2.47. The molecular weight excluding hydrogens is 238 g/mol. The predicted molar refractivity (Wildman–Crippen MR) is 77.5 cm³/mol. The third kappa shape index (κ3) is 4.51. The zero-order valence-electron chi connectivity index (χ0n) is 11.8. The quantitative estimate of drug-likeness (QED) is 0.856. The van der Waals surface area contributed by atoms with Crippen molar-refractivity contribution in [3.05, 3.63) is 29.8 Å². The third-order valence-electron chi connectivity index (χ3n) is 3.78. The third-order valence-corrected chi connectivity index (χ3v) is 3.78. The van der Waals surface area contributed by atoms with E-state index in [4.69, 9.17) is 4.74 Å². The highest BCUT2D eigenvalue weighted by atomic mass is 16.5. The largest absolute Gasteiger partial charge is 0.492 e. The number of hydrogen-bond acceptors (Lipinski definition) is 3. The zero-order chi connectivity index (χ0) is 13.5. The van der Waals surface area contributed by atoms with Gasteiger partial charge in [-0.3, -0.25) is 4.90 Å². The van der Waals surface area contributed by atoms with Gasteiger partial charge < -0.3 is 9.84 Å². The van der Waals surface area contributed by atoms with E-state index in [0.717, 1.165) is 30.9 Å². The Hall–Kier alpha value is -1.06. The van der Waals surface area contributed by atoms with Crippen LogP contribution in [0.5, 0.6) is 5.75 Å². The van der Waals surface area contributed by atoms with Gasteiger partial charge >= 0.3 is 0 Å². The molecule has 1 aliphatic rings. The van der Waals surface area contributed by atoms with Crippen LogP contribution in [0.15, 0.2) is 24.3 Å². The van der Waals surface area contributed by atoms with Crippen molar-refractivity contribution in [2.24, 2.45) is 0 Å². The highest BCUT2D eigenvalue weighted by molar-refractivity contribution is 5.28. The lowest BCUT2D eigenvalue weighted by Gasteiger charge is -2.26. The van der Waals surface area contributed by atoms with E-state index in [1.807, 2.05) is 31.2 Å². The van der Waals surface area contributed by atoms with Gasteiger partial charge in [-0.1, -0.05) is 25.5 Å². The standard InChI is InChI=1S/C16H25NO2/c1-2-16(18)14-6-8-15(9-7-14)19-13-12-17-10-4-3-5-11-17/h6-9,16,18H,2-5,10-13H2,1H3/t16-/m0/s1. The summed E-state index contributed by atoms with van der Waals surface area (Å²) in [6.45, 7) is 6.17. The van der Waals surface area contributed by atoms with E-state index < -0.39 is 0 Å². The fraction of sp³-hybridized carbons (Fsp3) is 0.625. The minimum atomic E-state index is -0.359. The summed E-state index contributed by atoms with van der Waals surface area (Å²) in [7, 11) is 0. The number of nitrogens with zero attached hydrogens (tertiary/aromatic N) is 1. The van der Waals surface area contributed by atoms with Crippen molar-refractivity contribution >= 4 is 0 Å². The number of aliphatic hydroxyl groups excluding tert-OH is 1. The minimum Gasteiger partial charge on any atom is -0.492 e. The molecule has 2 rings (SSSR count). The van der Waals surface area contributed by atoms with Crippen molar-refractivity contribution in [3.63, 3.8) is 0 Å². The second kappa shape index (κ2) is 7.51. The summed E-state index contributed by atoms with van der Waals surface area (Å²) < 4.78 is 5.75. The lowest BCUT2D eigenvalue weighted by molar-refractivity contribution is 0.173. The molecule has 1 fully saturated rings. The van der Waals surface area contributed by atoms with Crippen molar-refractivity contribution in [1.29, 1.82) is 0 Å². The van der Waals surface area contributed by atoms with Gasteiger partial charge in [-0.05, 0) is 50.0 Å². The normalized spacial score (nSPS) is 18.2. The summed E-state index contributed by atoms with van der Waals surface area (Å²) in [5.41, 5.74) is 0.964. The van der Waals surface area contributed by atoms with E-state index in [1.54, 1.807) is 0 Å². The van der Waals surface area contributed by atoms with E-state index >= 15 is 0 Å². The molecule has 19 heavy (non-hydrogen) atoms. The van der Waals surface area contributed by atoms with Crippen molar-refractivity contribution in [1.82, 2.24) is 4.90 Å². The molecule has 0 bridgehead atoms. The first-order valence-corrected chi connectivity index (χ1v) is 7.43. The first kappa shape index (κ1) is 14.4. The molecule has 3 heteroatoms.